The van der Waals surface area contributed by atoms with Crippen LogP contribution in [0.25, 0.3) is 0 Å². The summed E-state index contributed by atoms with van der Waals surface area (Å²) in [6.45, 7) is 0.683. The number of hydrogen-bond acceptors (Lipinski definition) is 3. The van der Waals surface area contributed by atoms with Crippen molar-refractivity contribution in [1.82, 2.24) is 4.90 Å². The van der Waals surface area contributed by atoms with Crippen LogP contribution in [0, 0.1) is 0 Å². The molecule has 1 aromatic carbocycles. The molecule has 0 bridgehead atoms. The molecule has 0 spiro atoms. The smallest absolute Gasteiger partial charge is 0.305 e. The Morgan fingerprint density at radius 2 is 2.05 bits per heavy atom. The number of aliphatic carboxylic acids is 1. The Bertz CT molecular complexity index is 506. The van der Waals surface area contributed by atoms with Gasteiger partial charge in [0.2, 0.25) is 5.91 Å². The Labute approximate surface area is 133 Å². The molecule has 0 aromatic heterocycles. The number of halogens is 1. The van der Waals surface area contributed by atoms with Crippen LogP contribution in [-0.4, -0.2) is 40.2 Å². The zero-order valence-corrected chi connectivity index (χ0v) is 13.2. The predicted molar refractivity (Wildman–Crippen MR) is 83.8 cm³/mol. The fourth-order valence-corrected chi connectivity index (χ4v) is 3.48. The van der Waals surface area contributed by atoms with Crippen LogP contribution >= 0.6 is 23.4 Å². The SMILES string of the molecule is O=C(O)CC1CCCN1C(=O)CCSc1ccc(Cl)cc1. The van der Waals surface area contributed by atoms with Crippen molar-refractivity contribution >= 4 is 35.2 Å². The van der Waals surface area contributed by atoms with E-state index < -0.39 is 5.97 Å². The number of thioether (sulfide) groups is 1. The lowest BCUT2D eigenvalue weighted by molar-refractivity contribution is -0.139. The predicted octanol–water partition coefficient (Wildman–Crippen LogP) is 3.29. The topological polar surface area (TPSA) is 57.6 Å². The number of carbonyl (C=O) groups is 2. The van der Waals surface area contributed by atoms with Crippen molar-refractivity contribution in [3.63, 3.8) is 0 Å². The van der Waals surface area contributed by atoms with Crippen LogP contribution in [0.15, 0.2) is 29.2 Å². The lowest BCUT2D eigenvalue weighted by Crippen LogP contribution is -2.36. The molecule has 0 aliphatic carbocycles. The van der Waals surface area contributed by atoms with Crippen LogP contribution in [0.1, 0.15) is 25.7 Å². The maximum atomic E-state index is 12.2. The molecule has 21 heavy (non-hydrogen) atoms. The molecule has 1 unspecified atom stereocenters. The van der Waals surface area contributed by atoms with E-state index >= 15 is 0 Å². The second-order valence-electron chi connectivity index (χ2n) is 5.03. The van der Waals surface area contributed by atoms with Gasteiger partial charge < -0.3 is 10.0 Å². The molecular weight excluding hydrogens is 310 g/mol. The van der Waals surface area contributed by atoms with E-state index in [4.69, 9.17) is 16.7 Å². The molecule has 1 saturated heterocycles. The Morgan fingerprint density at radius 1 is 1.33 bits per heavy atom. The number of rotatable bonds is 6. The highest BCUT2D eigenvalue weighted by Gasteiger charge is 2.29. The van der Waals surface area contributed by atoms with E-state index in [1.54, 1.807) is 16.7 Å². The fourth-order valence-electron chi connectivity index (χ4n) is 2.51. The number of nitrogens with zero attached hydrogens (tertiary/aromatic N) is 1. The second kappa shape index (κ2) is 7.71. The van der Waals surface area contributed by atoms with Crippen LogP contribution in [0.2, 0.25) is 5.02 Å². The minimum Gasteiger partial charge on any atom is -0.481 e. The van der Waals surface area contributed by atoms with E-state index in [9.17, 15) is 9.59 Å². The number of carbonyl (C=O) groups excluding carboxylic acids is 1. The lowest BCUT2D eigenvalue weighted by atomic mass is 10.1. The summed E-state index contributed by atoms with van der Waals surface area (Å²) in [5.41, 5.74) is 0. The fraction of sp³-hybridized carbons (Fsp3) is 0.467. The van der Waals surface area contributed by atoms with E-state index in [-0.39, 0.29) is 18.4 Å². The van der Waals surface area contributed by atoms with Gasteiger partial charge in [-0.1, -0.05) is 11.6 Å². The normalized spacial score (nSPS) is 18.0. The Kier molecular flexibility index (Phi) is 5.94. The summed E-state index contributed by atoms with van der Waals surface area (Å²) >= 11 is 7.43. The zero-order valence-electron chi connectivity index (χ0n) is 11.6. The van der Waals surface area contributed by atoms with Crippen LogP contribution in [0.3, 0.4) is 0 Å². The Morgan fingerprint density at radius 3 is 2.71 bits per heavy atom. The largest absolute Gasteiger partial charge is 0.481 e. The molecule has 1 amide bonds. The van der Waals surface area contributed by atoms with Crippen molar-refractivity contribution in [2.24, 2.45) is 0 Å². The average molecular weight is 328 g/mol. The monoisotopic (exact) mass is 327 g/mol. The molecular formula is C15H18ClNO3S. The van der Waals surface area contributed by atoms with E-state index in [0.717, 1.165) is 17.7 Å². The molecule has 1 heterocycles. The first-order chi connectivity index (χ1) is 10.1. The summed E-state index contributed by atoms with van der Waals surface area (Å²) in [6.07, 6.45) is 2.18. The van der Waals surface area contributed by atoms with Crippen molar-refractivity contribution in [3.05, 3.63) is 29.3 Å². The summed E-state index contributed by atoms with van der Waals surface area (Å²) in [5.74, 6) is -0.0908. The molecule has 4 nitrogen and oxygen atoms in total. The number of amides is 1. The maximum Gasteiger partial charge on any atom is 0.305 e. The van der Waals surface area contributed by atoms with Gasteiger partial charge in [-0.05, 0) is 37.1 Å². The Balaban J connectivity index is 1.78. The molecule has 6 heteroatoms. The Hall–Kier alpha value is -1.20. The van der Waals surface area contributed by atoms with Crippen LogP contribution < -0.4 is 0 Å². The summed E-state index contributed by atoms with van der Waals surface area (Å²) in [4.78, 5) is 25.8. The molecule has 1 fully saturated rings. The highest BCUT2D eigenvalue weighted by Crippen LogP contribution is 2.24. The number of likely N-dealkylation sites (tertiary alicyclic amines) is 1. The summed E-state index contributed by atoms with van der Waals surface area (Å²) in [5, 5.41) is 9.57. The third-order valence-corrected chi connectivity index (χ3v) is 4.77. The first-order valence-corrected chi connectivity index (χ1v) is 8.32. The maximum absolute atomic E-state index is 12.2. The third-order valence-electron chi connectivity index (χ3n) is 3.51. The minimum atomic E-state index is -0.838. The van der Waals surface area contributed by atoms with Crippen molar-refractivity contribution in [2.75, 3.05) is 12.3 Å². The van der Waals surface area contributed by atoms with Gasteiger partial charge in [-0.25, -0.2) is 0 Å². The first kappa shape index (κ1) is 16.2. The van der Waals surface area contributed by atoms with Gasteiger partial charge in [0.25, 0.3) is 0 Å². The minimum absolute atomic E-state index is 0.0517. The molecule has 1 N–H and O–H groups in total. The highest BCUT2D eigenvalue weighted by atomic mass is 35.5. The van der Waals surface area contributed by atoms with Gasteiger partial charge in [-0.3, -0.25) is 9.59 Å². The number of benzene rings is 1. The van der Waals surface area contributed by atoms with Crippen LogP contribution in [0.5, 0.6) is 0 Å². The molecule has 1 aliphatic rings. The van der Waals surface area contributed by atoms with Crippen molar-refractivity contribution in [1.29, 1.82) is 0 Å². The molecule has 1 aromatic rings. The standard InChI is InChI=1S/C15H18ClNO3S/c16-11-3-5-13(6-4-11)21-9-7-14(18)17-8-1-2-12(17)10-15(19)20/h3-6,12H,1-2,7-10H2,(H,19,20). The van der Waals surface area contributed by atoms with E-state index in [2.05, 4.69) is 0 Å². The van der Waals surface area contributed by atoms with Crippen molar-refractivity contribution < 1.29 is 14.7 Å². The molecule has 1 atom stereocenters. The van der Waals surface area contributed by atoms with Gasteiger partial charge in [-0.2, -0.15) is 0 Å². The molecule has 1 aliphatic heterocycles. The van der Waals surface area contributed by atoms with E-state index in [0.29, 0.717) is 23.7 Å². The van der Waals surface area contributed by atoms with Gasteiger partial charge in [-0.15, -0.1) is 11.8 Å². The average Bonchev–Trinajstić information content (AvgIpc) is 2.88. The highest BCUT2D eigenvalue weighted by molar-refractivity contribution is 7.99. The van der Waals surface area contributed by atoms with Crippen molar-refractivity contribution in [3.8, 4) is 0 Å². The first-order valence-electron chi connectivity index (χ1n) is 6.96. The lowest BCUT2D eigenvalue weighted by Gasteiger charge is -2.23. The van der Waals surface area contributed by atoms with E-state index in [1.807, 2.05) is 24.3 Å². The van der Waals surface area contributed by atoms with Crippen molar-refractivity contribution in [2.45, 2.75) is 36.6 Å². The van der Waals surface area contributed by atoms with Gasteiger partial charge in [0.15, 0.2) is 0 Å². The number of carboxylic acid groups (broad SMARTS) is 1. The molecule has 0 radical (unpaired) electrons. The number of carboxylic acids is 1. The second-order valence-corrected chi connectivity index (χ2v) is 6.64. The van der Waals surface area contributed by atoms with E-state index in [1.165, 1.54) is 0 Å². The summed E-state index contributed by atoms with van der Waals surface area (Å²) in [7, 11) is 0. The quantitative estimate of drug-likeness (QED) is 0.815. The van der Waals surface area contributed by atoms with Crippen LogP contribution in [0.4, 0.5) is 0 Å². The zero-order chi connectivity index (χ0) is 15.2. The van der Waals surface area contributed by atoms with Gasteiger partial charge in [0.05, 0.1) is 6.42 Å². The summed E-state index contributed by atoms with van der Waals surface area (Å²) in [6, 6.07) is 7.39. The third kappa shape index (κ3) is 4.93. The van der Waals surface area contributed by atoms with Gasteiger partial charge in [0, 0.05) is 34.7 Å². The number of hydrogen-bond donors (Lipinski definition) is 1. The molecule has 0 saturated carbocycles. The molecule has 2 rings (SSSR count). The van der Waals surface area contributed by atoms with Crippen LogP contribution in [-0.2, 0) is 9.59 Å². The van der Waals surface area contributed by atoms with Gasteiger partial charge >= 0.3 is 5.97 Å². The molecule has 114 valence electrons. The van der Waals surface area contributed by atoms with Gasteiger partial charge in [0.1, 0.15) is 0 Å². The summed E-state index contributed by atoms with van der Waals surface area (Å²) < 4.78 is 0.